The van der Waals surface area contributed by atoms with E-state index in [-0.39, 0.29) is 6.04 Å². The van der Waals surface area contributed by atoms with Gasteiger partial charge in [0.2, 0.25) is 5.90 Å². The van der Waals surface area contributed by atoms with E-state index in [4.69, 9.17) is 9.47 Å². The second-order valence-electron chi connectivity index (χ2n) is 4.71. The molecule has 0 bridgehead atoms. The zero-order valence-corrected chi connectivity index (χ0v) is 10.9. The number of methoxy groups -OCH3 is 1. The smallest absolute Gasteiger partial charge is 0.220 e. The fraction of sp³-hybridized carbons (Fsp3) is 0.500. The number of benzene rings is 1. The first kappa shape index (κ1) is 12.0. The van der Waals surface area contributed by atoms with E-state index in [1.54, 1.807) is 7.11 Å². The molecule has 92 valence electrons. The minimum atomic E-state index is 0.259. The molecule has 1 aliphatic rings. The van der Waals surface area contributed by atoms with Crippen LogP contribution in [0.4, 0.5) is 0 Å². The lowest BCUT2D eigenvalue weighted by Gasteiger charge is -2.10. The number of rotatable bonds is 3. The molecule has 0 saturated heterocycles. The Balaban J connectivity index is 2.38. The Bertz CT molecular complexity index is 438. The first-order chi connectivity index (χ1) is 8.13. The van der Waals surface area contributed by atoms with Crippen LogP contribution in [0.2, 0.25) is 0 Å². The van der Waals surface area contributed by atoms with E-state index in [1.807, 2.05) is 25.1 Å². The number of aliphatic imine (C=N–C) groups is 1. The highest BCUT2D eigenvalue weighted by Crippen LogP contribution is 2.26. The fourth-order valence-corrected chi connectivity index (χ4v) is 1.95. The van der Waals surface area contributed by atoms with Gasteiger partial charge in [0.25, 0.3) is 0 Å². The van der Waals surface area contributed by atoms with Crippen molar-refractivity contribution in [2.45, 2.75) is 26.8 Å². The van der Waals surface area contributed by atoms with Crippen LogP contribution in [0, 0.1) is 12.8 Å². The molecule has 1 aliphatic heterocycles. The summed E-state index contributed by atoms with van der Waals surface area (Å²) in [5.41, 5.74) is 2.12. The Labute approximate surface area is 102 Å². The van der Waals surface area contributed by atoms with Gasteiger partial charge in [-0.1, -0.05) is 26.0 Å². The van der Waals surface area contributed by atoms with Gasteiger partial charge >= 0.3 is 0 Å². The highest BCUT2D eigenvalue weighted by Gasteiger charge is 2.25. The molecule has 0 spiro atoms. The van der Waals surface area contributed by atoms with Gasteiger partial charge in [0.15, 0.2) is 0 Å². The maximum absolute atomic E-state index is 5.71. The second kappa shape index (κ2) is 4.78. The van der Waals surface area contributed by atoms with Gasteiger partial charge in [-0.25, -0.2) is 4.99 Å². The number of nitrogens with zero attached hydrogens (tertiary/aromatic N) is 1. The molecular weight excluding hydrogens is 214 g/mol. The van der Waals surface area contributed by atoms with Crippen molar-refractivity contribution < 1.29 is 9.47 Å². The summed E-state index contributed by atoms with van der Waals surface area (Å²) in [6, 6.07) is 6.23. The highest BCUT2D eigenvalue weighted by molar-refractivity contribution is 5.99. The molecule has 0 radical (unpaired) electrons. The Morgan fingerprint density at radius 3 is 2.76 bits per heavy atom. The molecule has 0 saturated carbocycles. The van der Waals surface area contributed by atoms with E-state index >= 15 is 0 Å². The molecule has 1 heterocycles. The molecule has 1 aromatic carbocycles. The average Bonchev–Trinajstić information content (AvgIpc) is 2.77. The molecule has 0 unspecified atom stereocenters. The predicted molar refractivity (Wildman–Crippen MR) is 68.8 cm³/mol. The van der Waals surface area contributed by atoms with Gasteiger partial charge in [-0.2, -0.15) is 0 Å². The highest BCUT2D eigenvalue weighted by atomic mass is 16.5. The molecule has 0 amide bonds. The summed E-state index contributed by atoms with van der Waals surface area (Å²) in [5, 5.41) is 0. The number of ether oxygens (including phenoxy) is 2. The third-order valence-corrected chi connectivity index (χ3v) is 3.11. The van der Waals surface area contributed by atoms with E-state index < -0.39 is 0 Å². The zero-order valence-electron chi connectivity index (χ0n) is 10.9. The van der Waals surface area contributed by atoms with Crippen LogP contribution in [-0.2, 0) is 4.74 Å². The predicted octanol–water partition coefficient (Wildman–Crippen LogP) is 2.81. The van der Waals surface area contributed by atoms with Gasteiger partial charge in [0.1, 0.15) is 12.4 Å². The Morgan fingerprint density at radius 2 is 2.18 bits per heavy atom. The topological polar surface area (TPSA) is 30.8 Å². The Hall–Kier alpha value is -1.51. The summed E-state index contributed by atoms with van der Waals surface area (Å²) in [6.45, 7) is 7.04. The van der Waals surface area contributed by atoms with E-state index in [0.717, 1.165) is 22.8 Å². The minimum Gasteiger partial charge on any atom is -0.496 e. The van der Waals surface area contributed by atoms with Crippen molar-refractivity contribution in [3.8, 4) is 5.75 Å². The standard InChI is InChI=1S/C14H19NO2/c1-9(2)11-8-17-14(15-11)13-10(3)6-5-7-12(13)16-4/h5-7,9,11H,8H2,1-4H3/t11-/m0/s1. The summed E-state index contributed by atoms with van der Waals surface area (Å²) in [4.78, 5) is 4.64. The molecular formula is C14H19NO2. The van der Waals surface area contributed by atoms with Crippen LogP contribution in [0.1, 0.15) is 25.0 Å². The third-order valence-electron chi connectivity index (χ3n) is 3.11. The molecule has 2 rings (SSSR count). The number of aryl methyl sites for hydroxylation is 1. The molecule has 3 nitrogen and oxygen atoms in total. The minimum absolute atomic E-state index is 0.259. The first-order valence-electron chi connectivity index (χ1n) is 5.98. The lowest BCUT2D eigenvalue weighted by atomic mass is 10.1. The third kappa shape index (κ3) is 2.28. The molecule has 0 aromatic heterocycles. The number of hydrogen-bond donors (Lipinski definition) is 0. The van der Waals surface area contributed by atoms with Gasteiger partial charge in [-0.3, -0.25) is 0 Å². The van der Waals surface area contributed by atoms with Gasteiger partial charge in [-0.05, 0) is 24.5 Å². The van der Waals surface area contributed by atoms with Crippen molar-refractivity contribution >= 4 is 5.90 Å². The van der Waals surface area contributed by atoms with E-state index in [1.165, 1.54) is 0 Å². The zero-order chi connectivity index (χ0) is 12.4. The molecule has 17 heavy (non-hydrogen) atoms. The summed E-state index contributed by atoms with van der Waals surface area (Å²) in [6.07, 6.45) is 0. The Morgan fingerprint density at radius 1 is 1.41 bits per heavy atom. The SMILES string of the molecule is COc1cccc(C)c1C1=N[C@H](C(C)C)CO1. The molecule has 0 fully saturated rings. The van der Waals surface area contributed by atoms with Gasteiger partial charge in [0.05, 0.1) is 18.7 Å². The van der Waals surface area contributed by atoms with Crippen molar-refractivity contribution in [3.63, 3.8) is 0 Å². The number of hydrogen-bond acceptors (Lipinski definition) is 3. The van der Waals surface area contributed by atoms with E-state index in [2.05, 4.69) is 18.8 Å². The van der Waals surface area contributed by atoms with Gasteiger partial charge in [0, 0.05) is 0 Å². The summed E-state index contributed by atoms with van der Waals surface area (Å²) in [7, 11) is 1.67. The largest absolute Gasteiger partial charge is 0.496 e. The normalized spacial score (nSPS) is 19.1. The van der Waals surface area contributed by atoms with Gasteiger partial charge < -0.3 is 9.47 Å². The van der Waals surface area contributed by atoms with Crippen molar-refractivity contribution in [2.75, 3.05) is 13.7 Å². The Kier molecular flexibility index (Phi) is 3.36. The molecule has 3 heteroatoms. The lowest BCUT2D eigenvalue weighted by Crippen LogP contribution is -2.13. The molecule has 1 aromatic rings. The fourth-order valence-electron chi connectivity index (χ4n) is 1.95. The van der Waals surface area contributed by atoms with Crippen molar-refractivity contribution in [3.05, 3.63) is 29.3 Å². The quantitative estimate of drug-likeness (QED) is 0.803. The molecule has 0 aliphatic carbocycles. The van der Waals surface area contributed by atoms with E-state index in [9.17, 15) is 0 Å². The van der Waals surface area contributed by atoms with Crippen LogP contribution in [0.25, 0.3) is 0 Å². The summed E-state index contributed by atoms with van der Waals surface area (Å²) < 4.78 is 11.1. The van der Waals surface area contributed by atoms with Crippen LogP contribution >= 0.6 is 0 Å². The maximum atomic E-state index is 5.71. The van der Waals surface area contributed by atoms with Crippen LogP contribution < -0.4 is 4.74 Å². The van der Waals surface area contributed by atoms with Gasteiger partial charge in [-0.15, -0.1) is 0 Å². The maximum Gasteiger partial charge on any atom is 0.220 e. The summed E-state index contributed by atoms with van der Waals surface area (Å²) >= 11 is 0. The van der Waals surface area contributed by atoms with Crippen LogP contribution in [0.5, 0.6) is 5.75 Å². The average molecular weight is 233 g/mol. The van der Waals surface area contributed by atoms with Crippen LogP contribution in [0.15, 0.2) is 23.2 Å². The summed E-state index contributed by atoms with van der Waals surface area (Å²) in [5.74, 6) is 2.05. The van der Waals surface area contributed by atoms with E-state index in [0.29, 0.717) is 12.5 Å². The molecule has 1 atom stereocenters. The van der Waals surface area contributed by atoms with Crippen molar-refractivity contribution in [1.29, 1.82) is 0 Å². The second-order valence-corrected chi connectivity index (χ2v) is 4.71. The van der Waals surface area contributed by atoms with Crippen molar-refractivity contribution in [2.24, 2.45) is 10.9 Å². The monoisotopic (exact) mass is 233 g/mol. The van der Waals surface area contributed by atoms with Crippen LogP contribution in [-0.4, -0.2) is 25.7 Å². The first-order valence-corrected chi connectivity index (χ1v) is 5.98. The van der Waals surface area contributed by atoms with Crippen LogP contribution in [0.3, 0.4) is 0 Å². The molecule has 0 N–H and O–H groups in total. The van der Waals surface area contributed by atoms with Crippen molar-refractivity contribution in [1.82, 2.24) is 0 Å². The lowest BCUT2D eigenvalue weighted by molar-refractivity contribution is 0.290.